The Balaban J connectivity index is 2.26. The molecule has 0 radical (unpaired) electrons. The van der Waals surface area contributed by atoms with Crippen LogP contribution < -0.4 is 10.6 Å². The number of hydrogen-bond acceptors (Lipinski definition) is 3. The van der Waals surface area contributed by atoms with E-state index in [-0.39, 0.29) is 12.3 Å². The van der Waals surface area contributed by atoms with Gasteiger partial charge in [0.25, 0.3) is 0 Å². The lowest BCUT2D eigenvalue weighted by atomic mass is 10.1. The summed E-state index contributed by atoms with van der Waals surface area (Å²) >= 11 is 5.45. The Hall–Kier alpha value is -0.700. The Morgan fingerprint density at radius 3 is 2.82 bits per heavy atom. The quantitative estimate of drug-likeness (QED) is 0.590. The van der Waals surface area contributed by atoms with Crippen LogP contribution in [-0.2, 0) is 9.59 Å². The smallest absolute Gasteiger partial charge is 0.229 e. The van der Waals surface area contributed by atoms with Crippen LogP contribution in [0, 0.1) is 9.49 Å². The number of pyridine rings is 1. The molecule has 1 atom stereocenters. The average molecular weight is 410 g/mol. The van der Waals surface area contributed by atoms with Gasteiger partial charge in [-0.15, -0.1) is 0 Å². The standard InChI is InChI=1S/C10H9BrIN3O2/c11-9-6(12)1-2-7(14-9)15-4-5(10(13)17)3-8(15)16/h1-2,5H,3-4H2,(H2,13,17). The molecular weight excluding hydrogens is 401 g/mol. The van der Waals surface area contributed by atoms with Crippen molar-refractivity contribution >= 4 is 56.2 Å². The lowest BCUT2D eigenvalue weighted by molar-refractivity contribution is -0.123. The van der Waals surface area contributed by atoms with Gasteiger partial charge in [0.1, 0.15) is 10.4 Å². The van der Waals surface area contributed by atoms with E-state index in [1.54, 1.807) is 6.07 Å². The van der Waals surface area contributed by atoms with E-state index in [1.165, 1.54) is 4.90 Å². The summed E-state index contributed by atoms with van der Waals surface area (Å²) in [5.41, 5.74) is 5.21. The topological polar surface area (TPSA) is 76.3 Å². The number of aromatic nitrogens is 1. The van der Waals surface area contributed by atoms with Gasteiger partial charge in [-0.05, 0) is 50.7 Å². The minimum Gasteiger partial charge on any atom is -0.369 e. The minimum atomic E-state index is -0.439. The average Bonchev–Trinajstić information content (AvgIpc) is 2.65. The summed E-state index contributed by atoms with van der Waals surface area (Å²) in [6.45, 7) is 0.314. The molecule has 2 rings (SSSR count). The highest BCUT2D eigenvalue weighted by Gasteiger charge is 2.34. The summed E-state index contributed by atoms with van der Waals surface area (Å²) in [7, 11) is 0. The molecule has 1 aliphatic heterocycles. The van der Waals surface area contributed by atoms with Crippen molar-refractivity contribution in [2.75, 3.05) is 11.4 Å². The first-order chi connectivity index (χ1) is 7.99. The van der Waals surface area contributed by atoms with Crippen molar-refractivity contribution in [1.29, 1.82) is 0 Å². The van der Waals surface area contributed by atoms with Gasteiger partial charge in [0.05, 0.1) is 5.92 Å². The molecule has 1 aromatic rings. The number of carbonyl (C=O) groups is 2. The molecule has 5 nitrogen and oxygen atoms in total. The second-order valence-corrected chi connectivity index (χ2v) is 5.66. The van der Waals surface area contributed by atoms with E-state index in [1.807, 2.05) is 6.07 Å². The summed E-state index contributed by atoms with van der Waals surface area (Å²) < 4.78 is 1.65. The predicted octanol–water partition coefficient (Wildman–Crippen LogP) is 1.29. The molecule has 1 unspecified atom stereocenters. The van der Waals surface area contributed by atoms with Gasteiger partial charge in [0.15, 0.2) is 0 Å². The molecule has 1 aromatic heterocycles. The molecule has 0 aliphatic carbocycles. The summed E-state index contributed by atoms with van der Waals surface area (Å²) in [5.74, 6) is -0.423. The largest absolute Gasteiger partial charge is 0.369 e. The number of halogens is 2. The summed E-state index contributed by atoms with van der Waals surface area (Å²) in [6, 6.07) is 3.62. The van der Waals surface area contributed by atoms with Gasteiger partial charge < -0.3 is 5.73 Å². The van der Waals surface area contributed by atoms with Crippen LogP contribution >= 0.6 is 38.5 Å². The van der Waals surface area contributed by atoms with Crippen LogP contribution in [0.15, 0.2) is 16.7 Å². The van der Waals surface area contributed by atoms with Crippen LogP contribution in [0.4, 0.5) is 5.82 Å². The highest BCUT2D eigenvalue weighted by Crippen LogP contribution is 2.26. The van der Waals surface area contributed by atoms with E-state index in [0.717, 1.165) is 3.57 Å². The van der Waals surface area contributed by atoms with Gasteiger partial charge >= 0.3 is 0 Å². The van der Waals surface area contributed by atoms with Crippen LogP contribution in [-0.4, -0.2) is 23.3 Å². The fourth-order valence-electron chi connectivity index (χ4n) is 1.68. The van der Waals surface area contributed by atoms with Crippen molar-refractivity contribution in [3.8, 4) is 0 Å². The van der Waals surface area contributed by atoms with Crippen molar-refractivity contribution in [2.45, 2.75) is 6.42 Å². The zero-order valence-electron chi connectivity index (χ0n) is 8.69. The number of amides is 2. The monoisotopic (exact) mass is 409 g/mol. The van der Waals surface area contributed by atoms with Gasteiger partial charge in [-0.3, -0.25) is 14.5 Å². The highest BCUT2D eigenvalue weighted by atomic mass is 127. The van der Waals surface area contributed by atoms with Gasteiger partial charge in [-0.25, -0.2) is 4.98 Å². The van der Waals surface area contributed by atoms with Crippen LogP contribution in [0.5, 0.6) is 0 Å². The number of carbonyl (C=O) groups excluding carboxylic acids is 2. The molecule has 7 heteroatoms. The van der Waals surface area contributed by atoms with Crippen molar-refractivity contribution in [3.63, 3.8) is 0 Å². The molecule has 2 amide bonds. The molecular formula is C10H9BrIN3O2. The predicted molar refractivity (Wildman–Crippen MR) is 74.3 cm³/mol. The SMILES string of the molecule is NC(=O)C1CC(=O)N(c2ccc(I)c(Br)n2)C1. The summed E-state index contributed by atoms with van der Waals surface area (Å²) in [6.07, 6.45) is 0.167. The van der Waals surface area contributed by atoms with E-state index in [2.05, 4.69) is 43.5 Å². The third-order valence-electron chi connectivity index (χ3n) is 2.59. The summed E-state index contributed by atoms with van der Waals surface area (Å²) in [4.78, 5) is 28.6. The Kier molecular flexibility index (Phi) is 3.67. The lowest BCUT2D eigenvalue weighted by Gasteiger charge is -2.15. The number of primary amides is 1. The molecule has 2 N–H and O–H groups in total. The molecule has 0 saturated carbocycles. The van der Waals surface area contributed by atoms with E-state index in [9.17, 15) is 9.59 Å². The Labute approximate surface area is 120 Å². The third kappa shape index (κ3) is 2.59. The zero-order chi connectivity index (χ0) is 12.6. The molecule has 2 heterocycles. The van der Waals surface area contributed by atoms with Gasteiger partial charge in [0, 0.05) is 16.5 Å². The number of hydrogen-bond donors (Lipinski definition) is 1. The molecule has 17 heavy (non-hydrogen) atoms. The number of nitrogens with two attached hydrogens (primary N) is 1. The second-order valence-electron chi connectivity index (χ2n) is 3.75. The lowest BCUT2D eigenvalue weighted by Crippen LogP contribution is -2.29. The van der Waals surface area contributed by atoms with E-state index >= 15 is 0 Å². The van der Waals surface area contributed by atoms with E-state index in [4.69, 9.17) is 5.73 Å². The first-order valence-corrected chi connectivity index (χ1v) is 6.78. The number of nitrogens with zero attached hydrogens (tertiary/aromatic N) is 2. The fourth-order valence-corrected chi connectivity index (χ4v) is 2.29. The zero-order valence-corrected chi connectivity index (χ0v) is 12.4. The van der Waals surface area contributed by atoms with Crippen molar-refractivity contribution in [2.24, 2.45) is 11.7 Å². The van der Waals surface area contributed by atoms with Crippen molar-refractivity contribution in [1.82, 2.24) is 4.98 Å². The minimum absolute atomic E-state index is 0.116. The molecule has 0 aromatic carbocycles. The molecule has 1 aliphatic rings. The number of anilines is 1. The first kappa shape index (κ1) is 12.7. The van der Waals surface area contributed by atoms with Crippen LogP contribution in [0.1, 0.15) is 6.42 Å². The fraction of sp³-hybridized carbons (Fsp3) is 0.300. The third-order valence-corrected chi connectivity index (χ3v) is 4.81. The molecule has 0 spiro atoms. The normalized spacial score (nSPS) is 19.8. The molecule has 0 bridgehead atoms. The number of rotatable bonds is 2. The first-order valence-electron chi connectivity index (χ1n) is 4.90. The van der Waals surface area contributed by atoms with E-state index in [0.29, 0.717) is 17.0 Å². The summed E-state index contributed by atoms with van der Waals surface area (Å²) in [5, 5.41) is 0. The van der Waals surface area contributed by atoms with Crippen LogP contribution in [0.2, 0.25) is 0 Å². The second kappa shape index (κ2) is 4.89. The maximum atomic E-state index is 11.7. The van der Waals surface area contributed by atoms with Gasteiger partial charge in [-0.1, -0.05) is 0 Å². The van der Waals surface area contributed by atoms with Crippen molar-refractivity contribution in [3.05, 3.63) is 20.3 Å². The maximum Gasteiger partial charge on any atom is 0.229 e. The van der Waals surface area contributed by atoms with Crippen molar-refractivity contribution < 1.29 is 9.59 Å². The highest BCUT2D eigenvalue weighted by molar-refractivity contribution is 14.1. The molecule has 1 fully saturated rings. The molecule has 90 valence electrons. The van der Waals surface area contributed by atoms with Gasteiger partial charge in [-0.2, -0.15) is 0 Å². The maximum absolute atomic E-state index is 11.7. The molecule has 1 saturated heterocycles. The van der Waals surface area contributed by atoms with Crippen LogP contribution in [0.3, 0.4) is 0 Å². The van der Waals surface area contributed by atoms with Crippen LogP contribution in [0.25, 0.3) is 0 Å². The Morgan fingerprint density at radius 1 is 1.59 bits per heavy atom. The van der Waals surface area contributed by atoms with E-state index < -0.39 is 11.8 Å². The Bertz CT molecular complexity index is 494. The van der Waals surface area contributed by atoms with Gasteiger partial charge in [0.2, 0.25) is 11.8 Å². The Morgan fingerprint density at radius 2 is 2.29 bits per heavy atom.